The van der Waals surface area contributed by atoms with E-state index in [-0.39, 0.29) is 49.2 Å². The van der Waals surface area contributed by atoms with Gasteiger partial charge in [0.2, 0.25) is 15.9 Å². The van der Waals surface area contributed by atoms with Gasteiger partial charge in [0.05, 0.1) is 20.6 Å². The van der Waals surface area contributed by atoms with E-state index in [1.165, 1.54) is 15.6 Å². The summed E-state index contributed by atoms with van der Waals surface area (Å²) in [6.45, 7) is 2.39. The quantitative estimate of drug-likeness (QED) is 0.450. The fraction of sp³-hybridized carbons (Fsp3) is 0.462. The SMILES string of the molecule is Cc1ccc(S(=O)(=O)N2CCC[C@H]2C(=O)N(Cc2ccc3scnc3c2)C2CC3(C2)CC3(F)F)cc1. The van der Waals surface area contributed by atoms with Crippen LogP contribution in [0.4, 0.5) is 8.78 Å². The molecule has 1 aromatic heterocycles. The number of aryl methyl sites for hydroxylation is 1. The van der Waals surface area contributed by atoms with Crippen molar-refractivity contribution in [2.24, 2.45) is 5.41 Å². The highest BCUT2D eigenvalue weighted by Gasteiger charge is 2.76. The normalized spacial score (nSPS) is 27.3. The van der Waals surface area contributed by atoms with Crippen molar-refractivity contribution in [3.05, 3.63) is 59.1 Å². The maximum Gasteiger partial charge on any atom is 0.254 e. The Bertz CT molecular complexity index is 1430. The van der Waals surface area contributed by atoms with Gasteiger partial charge in [0.1, 0.15) is 6.04 Å². The van der Waals surface area contributed by atoms with Crippen molar-refractivity contribution in [2.75, 3.05) is 6.54 Å². The molecule has 10 heteroatoms. The minimum atomic E-state index is -3.86. The molecule has 1 atom stereocenters. The number of alkyl halides is 2. The summed E-state index contributed by atoms with van der Waals surface area (Å²) in [5, 5.41) is 0. The molecule has 0 unspecified atom stereocenters. The second-order valence-electron chi connectivity index (χ2n) is 10.4. The van der Waals surface area contributed by atoms with E-state index in [1.54, 1.807) is 34.7 Å². The van der Waals surface area contributed by atoms with Crippen molar-refractivity contribution in [3.63, 3.8) is 0 Å². The summed E-state index contributed by atoms with van der Waals surface area (Å²) >= 11 is 1.52. The number of sulfonamides is 1. The summed E-state index contributed by atoms with van der Waals surface area (Å²) in [5.41, 5.74) is 3.40. The first kappa shape index (κ1) is 23.9. The Kier molecular flexibility index (Phi) is 5.51. The Morgan fingerprint density at radius 3 is 2.61 bits per heavy atom. The Morgan fingerprint density at radius 2 is 1.92 bits per heavy atom. The molecule has 1 aliphatic heterocycles. The minimum Gasteiger partial charge on any atom is -0.334 e. The molecule has 2 saturated carbocycles. The van der Waals surface area contributed by atoms with Gasteiger partial charge >= 0.3 is 0 Å². The minimum absolute atomic E-state index is 0.124. The van der Waals surface area contributed by atoms with Gasteiger partial charge in [0.15, 0.2) is 0 Å². The van der Waals surface area contributed by atoms with Gasteiger partial charge in [-0.1, -0.05) is 23.8 Å². The molecule has 0 radical (unpaired) electrons. The monoisotopic (exact) mass is 531 g/mol. The molecule has 3 fully saturated rings. The summed E-state index contributed by atoms with van der Waals surface area (Å²) in [4.78, 5) is 20.1. The summed E-state index contributed by atoms with van der Waals surface area (Å²) < 4.78 is 57.2. The van der Waals surface area contributed by atoms with Crippen LogP contribution in [0.3, 0.4) is 0 Å². The first-order valence-corrected chi connectivity index (χ1v) is 14.5. The van der Waals surface area contributed by atoms with Gasteiger partial charge in [-0.15, -0.1) is 11.3 Å². The lowest BCUT2D eigenvalue weighted by atomic mass is 9.75. The van der Waals surface area contributed by atoms with Gasteiger partial charge in [0, 0.05) is 31.0 Å². The van der Waals surface area contributed by atoms with E-state index >= 15 is 0 Å². The zero-order chi connectivity index (χ0) is 25.3. The standard InChI is InChI=1S/C26H27F2N3O3S2/c1-17-4-7-20(8-5-17)36(33,34)31-10-2-3-22(31)24(32)30(19-12-25(13-19)15-26(25,27)28)14-18-6-9-23-21(11-18)29-16-35-23/h4-9,11,16,19,22H,2-3,10,12-15H2,1H3/t19?,22-,25?/m0/s1. The molecule has 36 heavy (non-hydrogen) atoms. The number of nitrogens with zero attached hydrogens (tertiary/aromatic N) is 3. The summed E-state index contributed by atoms with van der Waals surface area (Å²) in [5.74, 6) is -2.96. The van der Waals surface area contributed by atoms with Gasteiger partial charge < -0.3 is 4.90 Å². The average molecular weight is 532 g/mol. The van der Waals surface area contributed by atoms with Crippen LogP contribution < -0.4 is 0 Å². The van der Waals surface area contributed by atoms with E-state index in [9.17, 15) is 22.0 Å². The van der Waals surface area contributed by atoms with Crippen LogP contribution >= 0.6 is 11.3 Å². The van der Waals surface area contributed by atoms with E-state index < -0.39 is 27.4 Å². The molecule has 1 spiro atoms. The number of halogens is 2. The Hall–Kier alpha value is -2.43. The summed E-state index contributed by atoms with van der Waals surface area (Å²) in [7, 11) is -3.86. The second-order valence-corrected chi connectivity index (χ2v) is 13.2. The molecule has 1 amide bonds. The number of aromatic nitrogens is 1. The fourth-order valence-corrected chi connectivity index (χ4v) is 8.09. The number of hydrogen-bond acceptors (Lipinski definition) is 5. The van der Waals surface area contributed by atoms with Crippen molar-refractivity contribution < 1.29 is 22.0 Å². The topological polar surface area (TPSA) is 70.6 Å². The highest BCUT2D eigenvalue weighted by Crippen LogP contribution is 2.71. The van der Waals surface area contributed by atoms with Crippen LogP contribution in [0.1, 0.15) is 43.2 Å². The zero-order valence-electron chi connectivity index (χ0n) is 19.9. The second kappa shape index (κ2) is 8.29. The van der Waals surface area contributed by atoms with Crippen LogP contribution in [0, 0.1) is 12.3 Å². The lowest BCUT2D eigenvalue weighted by molar-refractivity contribution is -0.143. The van der Waals surface area contributed by atoms with Gasteiger partial charge in [-0.3, -0.25) is 4.79 Å². The van der Waals surface area contributed by atoms with Crippen molar-refractivity contribution in [1.82, 2.24) is 14.2 Å². The number of rotatable bonds is 6. The van der Waals surface area contributed by atoms with Crippen molar-refractivity contribution in [1.29, 1.82) is 0 Å². The van der Waals surface area contributed by atoms with Crippen molar-refractivity contribution in [3.8, 4) is 0 Å². The molecule has 2 aliphatic carbocycles. The third-order valence-electron chi connectivity index (χ3n) is 8.05. The fourth-order valence-electron chi connectivity index (χ4n) is 5.78. The highest BCUT2D eigenvalue weighted by molar-refractivity contribution is 7.89. The number of carbonyl (C=O) groups excluding carboxylic acids is 1. The van der Waals surface area contributed by atoms with Crippen LogP contribution in [0.25, 0.3) is 10.2 Å². The van der Waals surface area contributed by atoms with Gasteiger partial charge in [-0.05, 0) is 62.4 Å². The molecule has 1 saturated heterocycles. The van der Waals surface area contributed by atoms with Gasteiger partial charge in [-0.2, -0.15) is 4.31 Å². The van der Waals surface area contributed by atoms with Crippen LogP contribution in [-0.2, 0) is 21.4 Å². The van der Waals surface area contributed by atoms with E-state index in [0.29, 0.717) is 12.8 Å². The van der Waals surface area contributed by atoms with Gasteiger partial charge in [-0.25, -0.2) is 22.2 Å². The summed E-state index contributed by atoms with van der Waals surface area (Å²) in [6, 6.07) is 11.2. The number of hydrogen-bond donors (Lipinski definition) is 0. The molecule has 3 aromatic rings. The first-order valence-electron chi connectivity index (χ1n) is 12.2. The molecular formula is C26H27F2N3O3S2. The molecule has 190 valence electrons. The number of thiazole rings is 1. The lowest BCUT2D eigenvalue weighted by Gasteiger charge is -2.45. The van der Waals surface area contributed by atoms with E-state index in [4.69, 9.17) is 0 Å². The van der Waals surface area contributed by atoms with E-state index in [1.807, 2.05) is 25.1 Å². The van der Waals surface area contributed by atoms with Crippen molar-refractivity contribution >= 4 is 37.5 Å². The number of fused-ring (bicyclic) bond motifs is 1. The third kappa shape index (κ3) is 3.85. The van der Waals surface area contributed by atoms with Crippen LogP contribution in [0.15, 0.2) is 52.9 Å². The molecule has 6 rings (SSSR count). The van der Waals surface area contributed by atoms with Crippen LogP contribution in [0.2, 0.25) is 0 Å². The first-order chi connectivity index (χ1) is 17.1. The van der Waals surface area contributed by atoms with Gasteiger partial charge in [0.25, 0.3) is 5.92 Å². The Morgan fingerprint density at radius 1 is 1.19 bits per heavy atom. The average Bonchev–Trinajstić information content (AvgIpc) is 3.23. The predicted octanol–water partition coefficient (Wildman–Crippen LogP) is 4.97. The van der Waals surface area contributed by atoms with Crippen LogP contribution in [0.5, 0.6) is 0 Å². The maximum absolute atomic E-state index is 14.0. The number of carbonyl (C=O) groups is 1. The predicted molar refractivity (Wildman–Crippen MR) is 133 cm³/mol. The number of amides is 1. The zero-order valence-corrected chi connectivity index (χ0v) is 21.5. The summed E-state index contributed by atoms with van der Waals surface area (Å²) in [6.07, 6.45) is 1.37. The Balaban J connectivity index is 1.29. The Labute approximate surface area is 213 Å². The van der Waals surface area contributed by atoms with E-state index in [0.717, 1.165) is 21.3 Å². The van der Waals surface area contributed by atoms with Crippen molar-refractivity contribution in [2.45, 2.75) is 68.5 Å². The molecule has 3 aliphatic rings. The molecular weight excluding hydrogens is 504 g/mol. The molecule has 0 bridgehead atoms. The largest absolute Gasteiger partial charge is 0.334 e. The maximum atomic E-state index is 14.0. The molecule has 0 N–H and O–H groups in total. The van der Waals surface area contributed by atoms with Crippen LogP contribution in [-0.4, -0.2) is 53.1 Å². The third-order valence-corrected chi connectivity index (χ3v) is 10.8. The smallest absolute Gasteiger partial charge is 0.254 e. The van der Waals surface area contributed by atoms with E-state index in [2.05, 4.69) is 4.98 Å². The molecule has 2 aromatic carbocycles. The highest BCUT2D eigenvalue weighted by atomic mass is 32.2. The molecule has 2 heterocycles. The lowest BCUT2D eigenvalue weighted by Crippen LogP contribution is -2.55. The number of benzene rings is 2. The molecule has 6 nitrogen and oxygen atoms in total.